The number of likely N-dealkylation sites (N-methyl/N-ethyl adjacent to an activating group) is 2. The van der Waals surface area contributed by atoms with Crippen molar-refractivity contribution >= 4 is 11.9 Å². The van der Waals surface area contributed by atoms with Crippen LogP contribution in [0.1, 0.15) is 38.2 Å². The first-order valence-electron chi connectivity index (χ1n) is 11.8. The number of carbonyl (C=O) groups is 1. The lowest BCUT2D eigenvalue weighted by molar-refractivity contribution is -0.127. The molecule has 172 valence electrons. The van der Waals surface area contributed by atoms with Crippen LogP contribution in [0.15, 0.2) is 35.3 Å². The first-order valence-corrected chi connectivity index (χ1v) is 11.8. The fraction of sp³-hybridized carbons (Fsp3) is 0.667. The van der Waals surface area contributed by atoms with Gasteiger partial charge in [-0.05, 0) is 50.9 Å². The molecule has 2 heterocycles. The number of likely N-dealkylation sites (tertiary alicyclic amines) is 2. The molecule has 2 atom stereocenters. The first kappa shape index (κ1) is 23.5. The van der Waals surface area contributed by atoms with Crippen LogP contribution in [0.5, 0.6) is 0 Å². The van der Waals surface area contributed by atoms with Crippen molar-refractivity contribution in [2.24, 2.45) is 4.99 Å². The lowest BCUT2D eigenvalue weighted by Gasteiger charge is -2.27. The molecule has 2 aliphatic heterocycles. The molecular weight excluding hydrogens is 388 g/mol. The molecular formula is C24H40N6O. The quantitative estimate of drug-likeness (QED) is 0.464. The van der Waals surface area contributed by atoms with Crippen LogP contribution in [0.2, 0.25) is 0 Å². The van der Waals surface area contributed by atoms with Gasteiger partial charge in [0.05, 0.1) is 0 Å². The average molecular weight is 429 g/mol. The molecule has 0 bridgehead atoms. The molecule has 2 aliphatic rings. The second-order valence-electron chi connectivity index (χ2n) is 8.89. The molecule has 1 aromatic carbocycles. The van der Waals surface area contributed by atoms with Gasteiger partial charge in [-0.3, -0.25) is 14.6 Å². The van der Waals surface area contributed by atoms with Gasteiger partial charge in [0, 0.05) is 45.8 Å². The monoisotopic (exact) mass is 428 g/mol. The van der Waals surface area contributed by atoms with Crippen LogP contribution in [0.25, 0.3) is 0 Å². The molecule has 0 aromatic heterocycles. The number of nitrogens with zero attached hydrogens (tertiary/aromatic N) is 4. The van der Waals surface area contributed by atoms with E-state index in [4.69, 9.17) is 0 Å². The van der Waals surface area contributed by atoms with E-state index in [2.05, 4.69) is 62.7 Å². The SMILES string of the molecule is CCN1CCCC1CNC(=NCC(=O)N(C)C)NCC1CCCN1Cc1ccccc1. The zero-order valence-electron chi connectivity index (χ0n) is 19.5. The molecule has 1 amide bonds. The maximum Gasteiger partial charge on any atom is 0.243 e. The summed E-state index contributed by atoms with van der Waals surface area (Å²) in [5, 5.41) is 7.05. The lowest BCUT2D eigenvalue weighted by Crippen LogP contribution is -2.48. The van der Waals surface area contributed by atoms with Gasteiger partial charge >= 0.3 is 0 Å². The molecule has 0 radical (unpaired) electrons. The number of hydrogen-bond donors (Lipinski definition) is 2. The maximum atomic E-state index is 12.1. The van der Waals surface area contributed by atoms with E-state index in [1.54, 1.807) is 19.0 Å². The molecule has 2 saturated heterocycles. The van der Waals surface area contributed by atoms with Crippen molar-refractivity contribution in [3.05, 3.63) is 35.9 Å². The highest BCUT2D eigenvalue weighted by molar-refractivity contribution is 5.84. The minimum absolute atomic E-state index is 0.0173. The Morgan fingerprint density at radius 3 is 2.26 bits per heavy atom. The molecule has 2 unspecified atom stereocenters. The zero-order valence-corrected chi connectivity index (χ0v) is 19.5. The zero-order chi connectivity index (χ0) is 22.1. The summed E-state index contributed by atoms with van der Waals surface area (Å²) in [4.78, 5) is 23.3. The highest BCUT2D eigenvalue weighted by Gasteiger charge is 2.26. The van der Waals surface area contributed by atoms with Crippen LogP contribution in [-0.2, 0) is 11.3 Å². The first-order chi connectivity index (χ1) is 15.1. The van der Waals surface area contributed by atoms with E-state index in [0.29, 0.717) is 12.1 Å². The largest absolute Gasteiger partial charge is 0.355 e. The van der Waals surface area contributed by atoms with Gasteiger partial charge < -0.3 is 15.5 Å². The van der Waals surface area contributed by atoms with Gasteiger partial charge in [0.15, 0.2) is 5.96 Å². The van der Waals surface area contributed by atoms with Crippen LogP contribution in [0.4, 0.5) is 0 Å². The van der Waals surface area contributed by atoms with Crippen LogP contribution >= 0.6 is 0 Å². The number of rotatable bonds is 9. The van der Waals surface area contributed by atoms with Gasteiger partial charge in [-0.1, -0.05) is 37.3 Å². The lowest BCUT2D eigenvalue weighted by atomic mass is 10.2. The van der Waals surface area contributed by atoms with E-state index in [0.717, 1.165) is 38.7 Å². The fourth-order valence-electron chi connectivity index (χ4n) is 4.59. The second kappa shape index (κ2) is 12.1. The van der Waals surface area contributed by atoms with E-state index in [1.165, 1.54) is 37.8 Å². The Labute approximate surface area is 187 Å². The van der Waals surface area contributed by atoms with E-state index in [1.807, 2.05) is 0 Å². The van der Waals surface area contributed by atoms with Crippen molar-refractivity contribution in [3.63, 3.8) is 0 Å². The Bertz CT molecular complexity index is 707. The third-order valence-electron chi connectivity index (χ3n) is 6.51. The summed E-state index contributed by atoms with van der Waals surface area (Å²) in [6.45, 7) is 8.49. The Morgan fingerprint density at radius 1 is 1.03 bits per heavy atom. The third kappa shape index (κ3) is 7.21. The number of guanidine groups is 1. The summed E-state index contributed by atoms with van der Waals surface area (Å²) in [7, 11) is 3.55. The summed E-state index contributed by atoms with van der Waals surface area (Å²) in [5.41, 5.74) is 1.36. The third-order valence-corrected chi connectivity index (χ3v) is 6.51. The molecule has 0 aliphatic carbocycles. The van der Waals surface area contributed by atoms with Gasteiger partial charge in [0.25, 0.3) is 0 Å². The maximum absolute atomic E-state index is 12.1. The van der Waals surface area contributed by atoms with E-state index in [-0.39, 0.29) is 12.5 Å². The van der Waals surface area contributed by atoms with Crippen LogP contribution < -0.4 is 10.6 Å². The van der Waals surface area contributed by atoms with Gasteiger partial charge in [-0.15, -0.1) is 0 Å². The van der Waals surface area contributed by atoms with E-state index in [9.17, 15) is 4.79 Å². The van der Waals surface area contributed by atoms with Crippen molar-refractivity contribution in [1.82, 2.24) is 25.3 Å². The van der Waals surface area contributed by atoms with Crippen molar-refractivity contribution in [2.45, 2.75) is 51.2 Å². The van der Waals surface area contributed by atoms with Crippen molar-refractivity contribution in [2.75, 3.05) is 53.4 Å². The minimum Gasteiger partial charge on any atom is -0.355 e. The number of hydrogen-bond acceptors (Lipinski definition) is 4. The molecule has 3 rings (SSSR count). The van der Waals surface area contributed by atoms with Gasteiger partial charge in [0.2, 0.25) is 5.91 Å². The normalized spacial score (nSPS) is 22.6. The van der Waals surface area contributed by atoms with Crippen LogP contribution in [-0.4, -0.2) is 92.0 Å². The summed E-state index contributed by atoms with van der Waals surface area (Å²) < 4.78 is 0. The predicted octanol–water partition coefficient (Wildman–Crippen LogP) is 1.76. The Balaban J connectivity index is 1.56. The summed E-state index contributed by atoms with van der Waals surface area (Å²) in [6, 6.07) is 11.7. The average Bonchev–Trinajstić information content (AvgIpc) is 3.42. The minimum atomic E-state index is 0.0173. The van der Waals surface area contributed by atoms with Gasteiger partial charge in [-0.25, -0.2) is 4.99 Å². The standard InChI is InChI=1S/C24H40N6O/c1-4-29-14-8-12-21(29)16-25-24(27-18-23(31)28(2)3)26-17-22-13-9-15-30(22)19-20-10-6-5-7-11-20/h5-7,10-11,21-22H,4,8-9,12-19H2,1-3H3,(H2,25,26,27). The Kier molecular flexibility index (Phi) is 9.15. The summed E-state index contributed by atoms with van der Waals surface area (Å²) in [6.07, 6.45) is 4.90. The van der Waals surface area contributed by atoms with Crippen molar-refractivity contribution < 1.29 is 4.79 Å². The Hall–Kier alpha value is -2.12. The highest BCUT2D eigenvalue weighted by atomic mass is 16.2. The molecule has 0 saturated carbocycles. The number of benzene rings is 1. The van der Waals surface area contributed by atoms with Gasteiger partial charge in [0.1, 0.15) is 6.54 Å². The summed E-state index contributed by atoms with van der Waals surface area (Å²) in [5.74, 6) is 0.772. The number of carbonyl (C=O) groups excluding carboxylic acids is 1. The van der Waals surface area contributed by atoms with Crippen molar-refractivity contribution in [1.29, 1.82) is 0 Å². The highest BCUT2D eigenvalue weighted by Crippen LogP contribution is 2.19. The number of nitrogens with one attached hydrogen (secondary N) is 2. The van der Waals surface area contributed by atoms with Crippen LogP contribution in [0, 0.1) is 0 Å². The fourth-order valence-corrected chi connectivity index (χ4v) is 4.59. The molecule has 0 spiro atoms. The topological polar surface area (TPSA) is 63.2 Å². The summed E-state index contributed by atoms with van der Waals surface area (Å²) >= 11 is 0. The number of amides is 1. The number of aliphatic imine (C=N–C) groups is 1. The van der Waals surface area contributed by atoms with E-state index < -0.39 is 0 Å². The van der Waals surface area contributed by atoms with E-state index >= 15 is 0 Å². The second-order valence-corrected chi connectivity index (χ2v) is 8.89. The predicted molar refractivity (Wildman–Crippen MR) is 127 cm³/mol. The van der Waals surface area contributed by atoms with Gasteiger partial charge in [-0.2, -0.15) is 0 Å². The van der Waals surface area contributed by atoms with Crippen LogP contribution in [0.3, 0.4) is 0 Å². The molecule has 31 heavy (non-hydrogen) atoms. The Morgan fingerprint density at radius 2 is 1.65 bits per heavy atom. The molecule has 1 aromatic rings. The molecule has 2 fully saturated rings. The van der Waals surface area contributed by atoms with Crippen molar-refractivity contribution in [3.8, 4) is 0 Å². The molecule has 2 N–H and O–H groups in total. The molecule has 7 nitrogen and oxygen atoms in total. The molecule has 7 heteroatoms. The smallest absolute Gasteiger partial charge is 0.243 e.